The van der Waals surface area contributed by atoms with Crippen molar-refractivity contribution < 1.29 is 32.0 Å². The second-order valence-corrected chi connectivity index (χ2v) is 7.66. The first-order valence-corrected chi connectivity index (χ1v) is 10.1. The number of rotatable bonds is 8. The summed E-state index contributed by atoms with van der Waals surface area (Å²) in [6, 6.07) is 9.51. The van der Waals surface area contributed by atoms with Gasteiger partial charge < -0.3 is 14.6 Å². The fraction of sp³-hybridized carbons (Fsp3) is 0.429. The number of ether oxygens (including phenoxy) is 1. The molecule has 1 aromatic carbocycles. The van der Waals surface area contributed by atoms with Gasteiger partial charge in [-0.25, -0.2) is 0 Å². The van der Waals surface area contributed by atoms with Crippen molar-refractivity contribution in [2.45, 2.75) is 50.2 Å². The fourth-order valence-electron chi connectivity index (χ4n) is 3.49. The van der Waals surface area contributed by atoms with Gasteiger partial charge in [0.2, 0.25) is 11.8 Å². The molecule has 0 bridgehead atoms. The third-order valence-electron chi connectivity index (χ3n) is 5.30. The van der Waals surface area contributed by atoms with E-state index in [9.17, 15) is 18.0 Å². The molecule has 1 aliphatic carbocycles. The number of hydrogen-bond acceptors (Lipinski definition) is 7. The molecule has 8 nitrogen and oxygen atoms in total. The van der Waals surface area contributed by atoms with Gasteiger partial charge in [-0.15, -0.1) is 23.4 Å². The molecule has 1 saturated carbocycles. The van der Waals surface area contributed by atoms with Gasteiger partial charge in [0.25, 0.3) is 5.91 Å². The number of oxime groups is 1. The summed E-state index contributed by atoms with van der Waals surface area (Å²) >= 11 is 0. The predicted molar refractivity (Wildman–Crippen MR) is 106 cm³/mol. The standard InChI is InChI=1S/C21H21F3N4O4/c1-12(19-26-27-20(30-19)14-9-15(10-14)31-21(22,23)24)7-8-25-18(29)16-11-17(32-28-16)13-5-3-2-4-6-13/h2-6,14-15,17H,1,7-11H2,(H,25,29)/t14-,15+,17-/m0/s1. The van der Waals surface area contributed by atoms with Crippen LogP contribution in [0, 0.1) is 0 Å². The van der Waals surface area contributed by atoms with Crippen molar-refractivity contribution in [1.29, 1.82) is 0 Å². The monoisotopic (exact) mass is 450 g/mol. The van der Waals surface area contributed by atoms with Crippen LogP contribution in [-0.2, 0) is 14.4 Å². The van der Waals surface area contributed by atoms with E-state index < -0.39 is 12.5 Å². The van der Waals surface area contributed by atoms with Crippen molar-refractivity contribution in [2.24, 2.45) is 5.16 Å². The molecule has 1 N–H and O–H groups in total. The Labute approximate surface area is 181 Å². The zero-order valence-corrected chi connectivity index (χ0v) is 17.0. The van der Waals surface area contributed by atoms with E-state index in [0.717, 1.165) is 5.56 Å². The lowest BCUT2D eigenvalue weighted by atomic mass is 9.82. The lowest BCUT2D eigenvalue weighted by Gasteiger charge is -2.32. The zero-order valence-electron chi connectivity index (χ0n) is 17.0. The van der Waals surface area contributed by atoms with Crippen LogP contribution in [-0.4, -0.2) is 40.8 Å². The van der Waals surface area contributed by atoms with E-state index in [4.69, 9.17) is 9.25 Å². The highest BCUT2D eigenvalue weighted by Gasteiger charge is 2.42. The molecule has 170 valence electrons. The van der Waals surface area contributed by atoms with Crippen molar-refractivity contribution in [2.75, 3.05) is 6.54 Å². The minimum atomic E-state index is -4.65. The van der Waals surface area contributed by atoms with E-state index in [1.807, 2.05) is 30.3 Å². The zero-order chi connectivity index (χ0) is 22.7. The summed E-state index contributed by atoms with van der Waals surface area (Å²) in [6.07, 6.45) is -4.75. The first-order chi connectivity index (χ1) is 15.3. The first kappa shape index (κ1) is 22.0. The van der Waals surface area contributed by atoms with Crippen LogP contribution in [0.5, 0.6) is 0 Å². The van der Waals surface area contributed by atoms with Crippen LogP contribution in [0.2, 0.25) is 0 Å². The molecule has 2 heterocycles. The molecule has 0 saturated heterocycles. The van der Waals surface area contributed by atoms with Gasteiger partial charge in [-0.05, 0) is 24.8 Å². The van der Waals surface area contributed by atoms with Gasteiger partial charge in [-0.1, -0.05) is 42.1 Å². The number of halogens is 3. The molecule has 1 amide bonds. The predicted octanol–water partition coefficient (Wildman–Crippen LogP) is 3.89. The number of alkyl halides is 3. The highest BCUT2D eigenvalue weighted by Crippen LogP contribution is 2.41. The molecule has 4 rings (SSSR count). The van der Waals surface area contributed by atoms with Crippen molar-refractivity contribution >= 4 is 17.2 Å². The fourth-order valence-corrected chi connectivity index (χ4v) is 3.49. The first-order valence-electron chi connectivity index (χ1n) is 10.1. The summed E-state index contributed by atoms with van der Waals surface area (Å²) in [5.74, 6) is -0.140. The largest absolute Gasteiger partial charge is 0.522 e. The van der Waals surface area contributed by atoms with Crippen molar-refractivity contribution in [3.05, 3.63) is 54.3 Å². The summed E-state index contributed by atoms with van der Waals surface area (Å²) in [5.41, 5.74) is 1.77. The second-order valence-electron chi connectivity index (χ2n) is 7.66. The summed E-state index contributed by atoms with van der Waals surface area (Å²) in [7, 11) is 0. The Balaban J connectivity index is 1.19. The Morgan fingerprint density at radius 1 is 1.22 bits per heavy atom. The van der Waals surface area contributed by atoms with Crippen molar-refractivity contribution in [1.82, 2.24) is 15.5 Å². The van der Waals surface area contributed by atoms with E-state index in [0.29, 0.717) is 24.1 Å². The summed E-state index contributed by atoms with van der Waals surface area (Å²) in [5, 5.41) is 14.4. The molecule has 32 heavy (non-hydrogen) atoms. The van der Waals surface area contributed by atoms with Gasteiger partial charge in [0, 0.05) is 24.5 Å². The molecule has 1 aromatic heterocycles. The summed E-state index contributed by atoms with van der Waals surface area (Å²) in [6.45, 7) is 4.15. The molecule has 1 atom stereocenters. The van der Waals surface area contributed by atoms with E-state index >= 15 is 0 Å². The van der Waals surface area contributed by atoms with E-state index in [1.54, 1.807) is 0 Å². The minimum absolute atomic E-state index is 0.165. The molecule has 2 aliphatic rings. The maximum Gasteiger partial charge on any atom is 0.522 e. The normalized spacial score (nSPS) is 22.6. The van der Waals surface area contributed by atoms with Crippen molar-refractivity contribution in [3.8, 4) is 0 Å². The Morgan fingerprint density at radius 3 is 2.69 bits per heavy atom. The molecule has 1 fully saturated rings. The Bertz CT molecular complexity index is 1000. The highest BCUT2D eigenvalue weighted by molar-refractivity contribution is 6.39. The number of amides is 1. The molecule has 0 unspecified atom stereocenters. The van der Waals surface area contributed by atoms with Crippen LogP contribution in [0.1, 0.15) is 55.1 Å². The summed E-state index contributed by atoms with van der Waals surface area (Å²) < 4.78 is 46.1. The number of nitrogens with one attached hydrogen (secondary N) is 1. The quantitative estimate of drug-likeness (QED) is 0.655. The maximum absolute atomic E-state index is 12.3. The molecule has 1 aliphatic heterocycles. The molecule has 11 heteroatoms. The highest BCUT2D eigenvalue weighted by atomic mass is 19.4. The van der Waals surface area contributed by atoms with Crippen LogP contribution in [0.4, 0.5) is 13.2 Å². The SMILES string of the molecule is C=C(CCNC(=O)C1=NO[C@H](c2ccccc2)C1)c1nnc([C@H]2C[C@@H](OC(F)(F)F)C2)o1. The second kappa shape index (κ2) is 9.11. The van der Waals surface area contributed by atoms with Crippen LogP contribution < -0.4 is 5.32 Å². The van der Waals surface area contributed by atoms with Gasteiger partial charge in [-0.3, -0.25) is 9.53 Å². The number of carbonyl (C=O) groups is 1. The van der Waals surface area contributed by atoms with E-state index in [-0.39, 0.29) is 49.1 Å². The topological polar surface area (TPSA) is 98.8 Å². The van der Waals surface area contributed by atoms with Gasteiger partial charge in [0.15, 0.2) is 6.10 Å². The minimum Gasteiger partial charge on any atom is -0.421 e. The number of hydrogen-bond donors (Lipinski definition) is 1. The van der Waals surface area contributed by atoms with Crippen LogP contribution in [0.3, 0.4) is 0 Å². The average molecular weight is 450 g/mol. The molecule has 2 aromatic rings. The number of carbonyl (C=O) groups excluding carboxylic acids is 1. The Kier molecular flexibility index (Phi) is 6.26. The van der Waals surface area contributed by atoms with E-state index in [1.165, 1.54) is 0 Å². The van der Waals surface area contributed by atoms with E-state index in [2.05, 4.69) is 32.0 Å². The molecular weight excluding hydrogens is 429 g/mol. The average Bonchev–Trinajstić information content (AvgIpc) is 3.40. The molecule has 0 radical (unpaired) electrons. The number of aromatic nitrogens is 2. The van der Waals surface area contributed by atoms with Crippen LogP contribution >= 0.6 is 0 Å². The van der Waals surface area contributed by atoms with Gasteiger partial charge in [0.1, 0.15) is 5.71 Å². The summed E-state index contributed by atoms with van der Waals surface area (Å²) in [4.78, 5) is 17.7. The van der Waals surface area contributed by atoms with Crippen LogP contribution in [0.25, 0.3) is 5.57 Å². The van der Waals surface area contributed by atoms with Gasteiger partial charge in [0.05, 0.1) is 6.10 Å². The third-order valence-corrected chi connectivity index (χ3v) is 5.30. The number of benzene rings is 1. The Hall–Kier alpha value is -3.21. The smallest absolute Gasteiger partial charge is 0.421 e. The number of nitrogens with zero attached hydrogens (tertiary/aromatic N) is 3. The van der Waals surface area contributed by atoms with Crippen LogP contribution in [0.15, 0.2) is 46.5 Å². The van der Waals surface area contributed by atoms with Gasteiger partial charge in [-0.2, -0.15) is 0 Å². The lowest BCUT2D eigenvalue weighted by molar-refractivity contribution is -0.352. The van der Waals surface area contributed by atoms with Crippen molar-refractivity contribution in [3.63, 3.8) is 0 Å². The van der Waals surface area contributed by atoms with Gasteiger partial charge >= 0.3 is 6.36 Å². The maximum atomic E-state index is 12.3. The third kappa shape index (κ3) is 5.34. The molecular formula is C21H21F3N4O4. The molecule has 0 spiro atoms. The Morgan fingerprint density at radius 2 is 1.97 bits per heavy atom. The lowest BCUT2D eigenvalue weighted by Crippen LogP contribution is -2.34.